The van der Waals surface area contributed by atoms with Crippen LogP contribution in [0.2, 0.25) is 0 Å². The molecule has 11 nitrogen and oxygen atoms in total. The average Bonchev–Trinajstić information content (AvgIpc) is 3.03. The summed E-state index contributed by atoms with van der Waals surface area (Å²) in [6.07, 6.45) is -3.66. The summed E-state index contributed by atoms with van der Waals surface area (Å²) < 4.78 is 36.4. The number of aryl methyl sites for hydroxylation is 1. The number of phosphoric ester groups is 1. The van der Waals surface area contributed by atoms with E-state index in [4.69, 9.17) is 15.2 Å². The van der Waals surface area contributed by atoms with Crippen LogP contribution in [0.25, 0.3) is 0 Å². The maximum absolute atomic E-state index is 12.3. The zero-order chi connectivity index (χ0) is 23.0. The molecule has 12 heteroatoms. The zero-order valence-corrected chi connectivity index (χ0v) is 17.1. The summed E-state index contributed by atoms with van der Waals surface area (Å²) in [6.45, 7) is 2.22. The van der Waals surface area contributed by atoms with Crippen LogP contribution in [0.15, 0.2) is 40.1 Å². The van der Waals surface area contributed by atoms with Crippen LogP contribution < -0.4 is 15.8 Å². The van der Waals surface area contributed by atoms with E-state index in [0.29, 0.717) is 0 Å². The van der Waals surface area contributed by atoms with Crippen LogP contribution in [0.1, 0.15) is 38.2 Å². The molecule has 5 atom stereocenters. The van der Waals surface area contributed by atoms with Crippen LogP contribution in [0, 0.1) is 6.92 Å². The monoisotopic (exact) mass is 444 g/mol. The third-order valence-electron chi connectivity index (χ3n) is 4.53. The van der Waals surface area contributed by atoms with Gasteiger partial charge in [0.25, 0.3) is 5.56 Å². The molecule has 2 unspecified atom stereocenters. The van der Waals surface area contributed by atoms with Crippen molar-refractivity contribution in [3.63, 3.8) is 0 Å². The van der Waals surface area contributed by atoms with Gasteiger partial charge in [-0.15, -0.1) is 0 Å². The molecular weight excluding hydrogens is 419 g/mol. The molecule has 1 fully saturated rings. The number of H-pyrrole nitrogens is 1. The van der Waals surface area contributed by atoms with Crippen LogP contribution in [-0.4, -0.2) is 43.5 Å². The van der Waals surface area contributed by atoms with Crippen LogP contribution in [0.3, 0.4) is 0 Å². The number of rotatable bonds is 7. The number of hydrogen-bond donors (Lipinski definition) is 4. The molecule has 1 aliphatic heterocycles. The van der Waals surface area contributed by atoms with Crippen molar-refractivity contribution in [1.29, 1.82) is 0 Å². The second-order valence-electron chi connectivity index (χ2n) is 6.88. The molecule has 1 aromatic heterocycles. The molecule has 0 aliphatic carbocycles. The highest BCUT2D eigenvalue weighted by atomic mass is 31.2. The highest BCUT2D eigenvalue weighted by molar-refractivity contribution is 7.47. The molecule has 1 aliphatic rings. The molecule has 0 amide bonds. The molecular formula is C18H23N2O9P. The Labute approximate surface area is 172 Å². The van der Waals surface area contributed by atoms with Gasteiger partial charge in [-0.3, -0.25) is 23.8 Å². The molecule has 30 heavy (non-hydrogen) atoms. The first-order valence-electron chi connectivity index (χ1n) is 9.51. The van der Waals surface area contributed by atoms with E-state index in [9.17, 15) is 29.3 Å². The Morgan fingerprint density at radius 2 is 2.20 bits per heavy atom. The van der Waals surface area contributed by atoms with Gasteiger partial charge in [-0.25, -0.2) is 9.36 Å². The van der Waals surface area contributed by atoms with Crippen LogP contribution in [0.5, 0.6) is 5.75 Å². The highest BCUT2D eigenvalue weighted by Crippen LogP contribution is 2.45. The van der Waals surface area contributed by atoms with E-state index >= 15 is 0 Å². The lowest BCUT2D eigenvalue weighted by Crippen LogP contribution is -2.33. The first kappa shape index (κ1) is 21.0. The minimum Gasteiger partial charge on any atom is -0.404 e. The molecule has 1 aromatic carbocycles. The predicted octanol–water partition coefficient (Wildman–Crippen LogP) is 0.743. The Bertz CT molecular complexity index is 1110. The van der Waals surface area contributed by atoms with Crippen molar-refractivity contribution in [2.75, 3.05) is 6.61 Å². The lowest BCUT2D eigenvalue weighted by atomic mass is 10.1. The van der Waals surface area contributed by atoms with E-state index in [1.807, 2.05) is 0 Å². The lowest BCUT2D eigenvalue weighted by Gasteiger charge is -2.19. The normalized spacial score (nSPS) is 25.9. The number of nitrogens with zero attached hydrogens (tertiary/aromatic N) is 1. The summed E-state index contributed by atoms with van der Waals surface area (Å²) in [5.41, 5.74) is -0.826. The number of aromatic nitrogens is 2. The maximum Gasteiger partial charge on any atom is 0.527 e. The highest BCUT2D eigenvalue weighted by Gasteiger charge is 2.38. The van der Waals surface area contributed by atoms with Gasteiger partial charge in [-0.1, -0.05) is 12.1 Å². The molecule has 0 spiro atoms. The van der Waals surface area contributed by atoms with Crippen molar-refractivity contribution >= 4 is 7.82 Å². The SMILES string of the molecule is [3H]C(C)(O)c1cccc(OP(=O)(O)OC[C@H]2O[C@@H](n3cc(C)c(=O)[nH]c3=O)C[C@@H]2O)c1. The smallest absolute Gasteiger partial charge is 0.404 e. The Morgan fingerprint density at radius 1 is 1.47 bits per heavy atom. The summed E-state index contributed by atoms with van der Waals surface area (Å²) in [5.74, 6) is -0.100. The number of phosphoric acid groups is 1. The summed E-state index contributed by atoms with van der Waals surface area (Å²) in [7, 11) is -4.63. The van der Waals surface area contributed by atoms with Crippen LogP contribution >= 0.6 is 7.82 Å². The van der Waals surface area contributed by atoms with E-state index in [-0.39, 0.29) is 23.3 Å². The number of aromatic amines is 1. The summed E-state index contributed by atoms with van der Waals surface area (Å²) in [5, 5.41) is 19.9. The Balaban J connectivity index is 1.64. The second kappa shape index (κ2) is 8.84. The van der Waals surface area contributed by atoms with E-state index in [1.165, 1.54) is 44.3 Å². The quantitative estimate of drug-likeness (QED) is 0.452. The van der Waals surface area contributed by atoms with Crippen molar-refractivity contribution in [1.82, 2.24) is 9.55 Å². The van der Waals surface area contributed by atoms with Gasteiger partial charge in [0.2, 0.25) is 0 Å². The van der Waals surface area contributed by atoms with Crippen LogP contribution in [-0.2, 0) is 13.8 Å². The van der Waals surface area contributed by atoms with Gasteiger partial charge in [0.15, 0.2) is 0 Å². The molecule has 3 rings (SSSR count). The fraction of sp³-hybridized carbons (Fsp3) is 0.444. The molecule has 0 bridgehead atoms. The van der Waals surface area contributed by atoms with E-state index in [0.717, 1.165) is 4.57 Å². The minimum absolute atomic E-state index is 0.00334. The summed E-state index contributed by atoms with van der Waals surface area (Å²) >= 11 is 0. The lowest BCUT2D eigenvalue weighted by molar-refractivity contribution is -0.0447. The van der Waals surface area contributed by atoms with Gasteiger partial charge in [0.05, 0.1) is 20.2 Å². The Morgan fingerprint density at radius 3 is 2.90 bits per heavy atom. The molecule has 2 aromatic rings. The third kappa shape index (κ3) is 5.25. The molecule has 0 saturated carbocycles. The van der Waals surface area contributed by atoms with Gasteiger partial charge in [-0.05, 0) is 31.5 Å². The number of benzene rings is 1. The molecule has 0 radical (unpaired) electrons. The first-order valence-corrected chi connectivity index (χ1v) is 10.5. The van der Waals surface area contributed by atoms with E-state index in [1.54, 1.807) is 0 Å². The van der Waals surface area contributed by atoms with Gasteiger partial charge < -0.3 is 19.5 Å². The largest absolute Gasteiger partial charge is 0.527 e. The first-order chi connectivity index (χ1) is 14.4. The van der Waals surface area contributed by atoms with Gasteiger partial charge in [-0.2, -0.15) is 0 Å². The van der Waals surface area contributed by atoms with E-state index in [2.05, 4.69) is 4.98 Å². The van der Waals surface area contributed by atoms with E-state index < -0.39 is 50.2 Å². The van der Waals surface area contributed by atoms with Crippen LogP contribution in [0.4, 0.5) is 0 Å². The van der Waals surface area contributed by atoms with Crippen molar-refractivity contribution in [2.45, 2.75) is 44.8 Å². The molecule has 2 heterocycles. The predicted molar refractivity (Wildman–Crippen MR) is 104 cm³/mol. The van der Waals surface area contributed by atoms with Crippen molar-refractivity contribution in [2.24, 2.45) is 0 Å². The number of aliphatic hydroxyl groups is 2. The second-order valence-corrected chi connectivity index (χ2v) is 8.26. The average molecular weight is 444 g/mol. The number of ether oxygens (including phenoxy) is 1. The topological polar surface area (TPSA) is 160 Å². The molecule has 4 N–H and O–H groups in total. The standard InChI is InChI=1S/C18H23N2O9P/c1-10-8-20(18(24)19-17(10)23)16-7-14(22)15(28-16)9-27-30(25,26)29-13-5-3-4-12(6-13)11(2)21/h3-6,8,11,14-16,21-22H,7,9H2,1-2H3,(H,25,26)(H,19,23,24)/t11?,14-,15+,16+/m0/s1/i11T. The Kier molecular flexibility index (Phi) is 6.19. The van der Waals surface area contributed by atoms with Crippen molar-refractivity contribution < 1.29 is 34.8 Å². The maximum atomic E-state index is 12.3. The summed E-state index contributed by atoms with van der Waals surface area (Å²) in [6, 6.07) is 5.46. The number of nitrogens with one attached hydrogen (secondary N) is 1. The summed E-state index contributed by atoms with van der Waals surface area (Å²) in [4.78, 5) is 35.6. The molecule has 164 valence electrons. The zero-order valence-electron chi connectivity index (χ0n) is 17.2. The minimum atomic E-state index is -4.63. The Hall–Kier alpha value is -2.27. The third-order valence-corrected chi connectivity index (χ3v) is 5.45. The van der Waals surface area contributed by atoms with Gasteiger partial charge in [0.1, 0.15) is 18.1 Å². The van der Waals surface area contributed by atoms with Crippen molar-refractivity contribution in [3.05, 3.63) is 62.4 Å². The fourth-order valence-electron chi connectivity index (χ4n) is 2.94. The van der Waals surface area contributed by atoms with Gasteiger partial charge >= 0.3 is 13.5 Å². The molecule has 1 saturated heterocycles. The number of aliphatic hydroxyl groups excluding tert-OH is 1. The van der Waals surface area contributed by atoms with Crippen molar-refractivity contribution in [3.8, 4) is 5.75 Å². The van der Waals surface area contributed by atoms with Gasteiger partial charge in [0, 0.05) is 18.2 Å². The number of hydrogen-bond acceptors (Lipinski definition) is 8. The fourth-order valence-corrected chi connectivity index (χ4v) is 3.71.